The number of carboxylic acids is 1. The van der Waals surface area contributed by atoms with Crippen LogP contribution in [0.2, 0.25) is 5.15 Å². The van der Waals surface area contributed by atoms with E-state index in [2.05, 4.69) is 14.7 Å². The van der Waals surface area contributed by atoms with Gasteiger partial charge in [-0.05, 0) is 18.2 Å². The van der Waals surface area contributed by atoms with E-state index in [9.17, 15) is 13.2 Å². The van der Waals surface area contributed by atoms with E-state index in [1.165, 1.54) is 18.2 Å². The summed E-state index contributed by atoms with van der Waals surface area (Å²) < 4.78 is 26.1. The third kappa shape index (κ3) is 3.04. The molecule has 0 spiro atoms. The molecule has 2 aromatic heterocycles. The van der Waals surface area contributed by atoms with Gasteiger partial charge in [0.05, 0.1) is 0 Å². The van der Waals surface area contributed by atoms with Crippen LogP contribution in [0.5, 0.6) is 0 Å². The monoisotopic (exact) mass is 301 g/mol. The molecule has 0 fully saturated rings. The Morgan fingerprint density at radius 1 is 1.42 bits per heavy atom. The number of aromatic carboxylic acids is 1. The summed E-state index contributed by atoms with van der Waals surface area (Å²) in [5, 5.41) is 8.85. The van der Waals surface area contributed by atoms with Crippen molar-refractivity contribution in [1.82, 2.24) is 9.97 Å². The predicted molar refractivity (Wildman–Crippen MR) is 67.8 cm³/mol. The molecule has 0 saturated carbocycles. The van der Waals surface area contributed by atoms with Gasteiger partial charge in [0.2, 0.25) is 0 Å². The summed E-state index contributed by atoms with van der Waals surface area (Å²) in [5.41, 5.74) is -0.223. The molecule has 2 aromatic rings. The molecule has 0 aromatic carbocycles. The van der Waals surface area contributed by atoms with Gasteiger partial charge in [-0.15, -0.1) is 0 Å². The fourth-order valence-electron chi connectivity index (χ4n) is 1.31. The Morgan fingerprint density at radius 3 is 2.74 bits per heavy atom. The van der Waals surface area contributed by atoms with Crippen LogP contribution in [0, 0.1) is 0 Å². The lowest BCUT2D eigenvalue weighted by Crippen LogP contribution is -2.13. The van der Waals surface area contributed by atoms with Gasteiger partial charge in [0.25, 0.3) is 10.0 Å². The number of nitrogens with one attached hydrogen (secondary N) is 2. The van der Waals surface area contributed by atoms with Crippen LogP contribution in [0.3, 0.4) is 0 Å². The van der Waals surface area contributed by atoms with Crippen LogP contribution in [0.25, 0.3) is 0 Å². The van der Waals surface area contributed by atoms with E-state index in [1.54, 1.807) is 0 Å². The average molecular weight is 302 g/mol. The van der Waals surface area contributed by atoms with E-state index in [1.807, 2.05) is 0 Å². The van der Waals surface area contributed by atoms with Gasteiger partial charge in [-0.2, -0.15) is 0 Å². The van der Waals surface area contributed by atoms with Crippen molar-refractivity contribution in [2.75, 3.05) is 4.72 Å². The molecule has 0 aliphatic carbocycles. The lowest BCUT2D eigenvalue weighted by atomic mass is 10.4. The Balaban J connectivity index is 2.29. The summed E-state index contributed by atoms with van der Waals surface area (Å²) >= 11 is 5.64. The average Bonchev–Trinajstić information content (AvgIpc) is 2.78. The number of H-pyrrole nitrogens is 1. The van der Waals surface area contributed by atoms with E-state index >= 15 is 0 Å². The first kappa shape index (κ1) is 13.4. The summed E-state index contributed by atoms with van der Waals surface area (Å²) in [4.78, 5) is 16.6. The SMILES string of the molecule is O=C(O)c1cc(S(=O)(=O)Nc2cccc(Cl)n2)c[nH]1. The number of sulfonamides is 1. The molecule has 0 saturated heterocycles. The third-order valence-corrected chi connectivity index (χ3v) is 3.70. The van der Waals surface area contributed by atoms with Crippen molar-refractivity contribution in [2.24, 2.45) is 0 Å². The minimum atomic E-state index is -3.91. The van der Waals surface area contributed by atoms with Crippen molar-refractivity contribution in [3.63, 3.8) is 0 Å². The smallest absolute Gasteiger partial charge is 0.352 e. The lowest BCUT2D eigenvalue weighted by Gasteiger charge is -2.05. The highest BCUT2D eigenvalue weighted by Gasteiger charge is 2.18. The molecular formula is C10H8ClN3O4S. The zero-order valence-corrected chi connectivity index (χ0v) is 10.9. The third-order valence-electron chi connectivity index (χ3n) is 2.15. The molecule has 2 rings (SSSR count). The highest BCUT2D eigenvalue weighted by molar-refractivity contribution is 7.92. The maximum atomic E-state index is 11.9. The fourth-order valence-corrected chi connectivity index (χ4v) is 2.47. The number of hydrogen-bond donors (Lipinski definition) is 3. The van der Waals surface area contributed by atoms with Gasteiger partial charge in [-0.1, -0.05) is 17.7 Å². The molecule has 19 heavy (non-hydrogen) atoms. The Hall–Kier alpha value is -2.06. The van der Waals surface area contributed by atoms with Crippen LogP contribution in [-0.4, -0.2) is 29.5 Å². The molecule has 0 atom stereocenters. The van der Waals surface area contributed by atoms with Crippen molar-refractivity contribution >= 4 is 33.4 Å². The molecule has 2 heterocycles. The minimum Gasteiger partial charge on any atom is -0.477 e. The molecule has 100 valence electrons. The first-order chi connectivity index (χ1) is 8.88. The van der Waals surface area contributed by atoms with Crippen LogP contribution in [0.1, 0.15) is 10.5 Å². The van der Waals surface area contributed by atoms with Crippen molar-refractivity contribution in [1.29, 1.82) is 0 Å². The van der Waals surface area contributed by atoms with Crippen LogP contribution in [0.4, 0.5) is 5.82 Å². The summed E-state index contributed by atoms with van der Waals surface area (Å²) in [7, 11) is -3.91. The largest absolute Gasteiger partial charge is 0.477 e. The Morgan fingerprint density at radius 2 is 2.16 bits per heavy atom. The number of pyridine rings is 1. The van der Waals surface area contributed by atoms with Crippen molar-refractivity contribution in [2.45, 2.75) is 4.90 Å². The van der Waals surface area contributed by atoms with Crippen molar-refractivity contribution in [3.05, 3.63) is 41.3 Å². The van der Waals surface area contributed by atoms with Gasteiger partial charge >= 0.3 is 5.97 Å². The van der Waals surface area contributed by atoms with E-state index in [-0.39, 0.29) is 21.6 Å². The van der Waals surface area contributed by atoms with Crippen LogP contribution in [-0.2, 0) is 10.0 Å². The molecule has 0 radical (unpaired) electrons. The second-order valence-corrected chi connectivity index (χ2v) is 5.57. The van der Waals surface area contributed by atoms with Crippen LogP contribution < -0.4 is 4.72 Å². The Labute approximate surface area is 113 Å². The summed E-state index contributed by atoms with van der Waals surface area (Å²) in [6.45, 7) is 0. The first-order valence-electron chi connectivity index (χ1n) is 4.95. The number of aromatic amines is 1. The molecular weight excluding hydrogens is 294 g/mol. The zero-order chi connectivity index (χ0) is 14.0. The standard InChI is InChI=1S/C10H8ClN3O4S/c11-8-2-1-3-9(13-8)14-19(17,18)6-4-7(10(15)16)12-5-6/h1-5,12H,(H,13,14)(H,15,16). The molecule has 3 N–H and O–H groups in total. The highest BCUT2D eigenvalue weighted by Crippen LogP contribution is 2.16. The van der Waals surface area contributed by atoms with Crippen molar-refractivity contribution < 1.29 is 18.3 Å². The summed E-state index contributed by atoms with van der Waals surface area (Å²) in [6, 6.07) is 5.47. The maximum absolute atomic E-state index is 11.9. The van der Waals surface area contributed by atoms with Gasteiger partial charge in [-0.3, -0.25) is 4.72 Å². The number of hydrogen-bond acceptors (Lipinski definition) is 4. The second kappa shape index (κ2) is 4.90. The molecule has 0 amide bonds. The second-order valence-electron chi connectivity index (χ2n) is 3.51. The number of nitrogens with zero attached hydrogens (tertiary/aromatic N) is 1. The number of aromatic nitrogens is 2. The predicted octanol–water partition coefficient (Wildman–Crippen LogP) is 1.56. The van der Waals surface area contributed by atoms with Crippen LogP contribution in [0.15, 0.2) is 35.4 Å². The maximum Gasteiger partial charge on any atom is 0.352 e. The molecule has 9 heteroatoms. The Bertz CT molecular complexity index is 726. The number of carbonyl (C=O) groups is 1. The highest BCUT2D eigenvalue weighted by atomic mass is 35.5. The number of halogens is 1. The molecule has 0 bridgehead atoms. The van der Waals surface area contributed by atoms with Gasteiger partial charge in [0.15, 0.2) is 0 Å². The number of rotatable bonds is 4. The molecule has 7 nitrogen and oxygen atoms in total. The Kier molecular flexibility index (Phi) is 3.45. The van der Waals surface area contributed by atoms with E-state index in [0.29, 0.717) is 0 Å². The minimum absolute atomic E-state index is 0.0468. The summed E-state index contributed by atoms with van der Waals surface area (Å²) in [6.07, 6.45) is 1.08. The zero-order valence-electron chi connectivity index (χ0n) is 9.29. The number of carboxylic acid groups (broad SMARTS) is 1. The molecule has 0 unspecified atom stereocenters. The van der Waals surface area contributed by atoms with Crippen molar-refractivity contribution in [3.8, 4) is 0 Å². The normalized spacial score (nSPS) is 11.2. The van der Waals surface area contributed by atoms with Crippen LogP contribution >= 0.6 is 11.6 Å². The molecule has 0 aliphatic heterocycles. The van der Waals surface area contributed by atoms with E-state index in [4.69, 9.17) is 16.7 Å². The summed E-state index contributed by atoms with van der Waals surface area (Å²) in [5.74, 6) is -1.20. The van der Waals surface area contributed by atoms with E-state index in [0.717, 1.165) is 12.3 Å². The molecule has 0 aliphatic rings. The van der Waals surface area contributed by atoms with Gasteiger partial charge in [0.1, 0.15) is 21.6 Å². The van der Waals surface area contributed by atoms with Gasteiger partial charge in [-0.25, -0.2) is 18.2 Å². The lowest BCUT2D eigenvalue weighted by molar-refractivity contribution is 0.0691. The topological polar surface area (TPSA) is 112 Å². The number of anilines is 1. The fraction of sp³-hybridized carbons (Fsp3) is 0. The first-order valence-corrected chi connectivity index (χ1v) is 6.82. The van der Waals surface area contributed by atoms with E-state index < -0.39 is 16.0 Å². The van der Waals surface area contributed by atoms with Gasteiger partial charge in [0, 0.05) is 6.20 Å². The quantitative estimate of drug-likeness (QED) is 0.742. The van der Waals surface area contributed by atoms with Gasteiger partial charge < -0.3 is 10.1 Å².